The van der Waals surface area contributed by atoms with Crippen molar-refractivity contribution in [3.63, 3.8) is 0 Å². The predicted octanol–water partition coefficient (Wildman–Crippen LogP) is 2.56. The van der Waals surface area contributed by atoms with Crippen LogP contribution in [-0.2, 0) is 17.5 Å². The molecule has 0 aromatic carbocycles. The van der Waals surface area contributed by atoms with Crippen LogP contribution in [0.25, 0.3) is 0 Å². The van der Waals surface area contributed by atoms with E-state index in [2.05, 4.69) is 10.3 Å². The Hall–Kier alpha value is -2.55. The molecule has 0 radical (unpaired) electrons. The Morgan fingerprint density at radius 2 is 2.12 bits per heavy atom. The molecule has 2 aromatic rings. The van der Waals surface area contributed by atoms with Crippen molar-refractivity contribution in [2.75, 3.05) is 12.4 Å². The van der Waals surface area contributed by atoms with E-state index in [-0.39, 0.29) is 0 Å². The molecule has 0 bridgehead atoms. The molecule has 0 aliphatic heterocycles. The van der Waals surface area contributed by atoms with Gasteiger partial charge in [0.2, 0.25) is 11.8 Å². The lowest BCUT2D eigenvalue weighted by molar-refractivity contribution is -0.138. The van der Waals surface area contributed by atoms with E-state index in [1.165, 1.54) is 25.4 Å². The van der Waals surface area contributed by atoms with Crippen LogP contribution < -0.4 is 15.6 Å². The number of anilines is 1. The lowest BCUT2D eigenvalue weighted by atomic mass is 10.2. The summed E-state index contributed by atoms with van der Waals surface area (Å²) < 4.78 is 43.7. The van der Waals surface area contributed by atoms with E-state index >= 15 is 0 Å². The van der Waals surface area contributed by atoms with Crippen molar-refractivity contribution in [3.8, 4) is 5.88 Å². The normalized spacial score (nSPS) is 11.2. The molecule has 1 N–H and O–H groups in total. The molecule has 128 valence electrons. The van der Waals surface area contributed by atoms with Crippen molar-refractivity contribution in [2.45, 2.75) is 12.7 Å². The summed E-state index contributed by atoms with van der Waals surface area (Å²) >= 11 is 5.51. The summed E-state index contributed by atoms with van der Waals surface area (Å²) in [6.45, 7) is -0.630. The van der Waals surface area contributed by atoms with E-state index in [9.17, 15) is 22.8 Å². The maximum Gasteiger partial charge on any atom is 0.417 e. The molecule has 2 aromatic heterocycles. The van der Waals surface area contributed by atoms with Gasteiger partial charge in [-0.3, -0.25) is 9.59 Å². The number of halogens is 4. The number of ether oxygens (including phenoxy) is 1. The number of aromatic nitrogens is 2. The maximum absolute atomic E-state index is 12.7. The van der Waals surface area contributed by atoms with Crippen molar-refractivity contribution < 1.29 is 22.7 Å². The number of carbonyl (C=O) groups excluding carboxylic acids is 1. The first kappa shape index (κ1) is 17.8. The van der Waals surface area contributed by atoms with E-state index in [0.717, 1.165) is 0 Å². The number of nitrogens with one attached hydrogen (secondary N) is 1. The van der Waals surface area contributed by atoms with Crippen LogP contribution in [0.2, 0.25) is 5.02 Å². The Morgan fingerprint density at radius 3 is 2.67 bits per heavy atom. The SMILES string of the molecule is COc1ccc(NC(=O)Cn2cc(C(F)(F)F)cc(Cl)c2=O)cn1. The lowest BCUT2D eigenvalue weighted by Crippen LogP contribution is -2.29. The second kappa shape index (κ2) is 6.91. The Bertz CT molecular complexity index is 804. The first-order chi connectivity index (χ1) is 11.2. The third kappa shape index (κ3) is 4.25. The van der Waals surface area contributed by atoms with E-state index in [1.54, 1.807) is 0 Å². The molecule has 2 heterocycles. The molecule has 10 heteroatoms. The topological polar surface area (TPSA) is 73.2 Å². The van der Waals surface area contributed by atoms with Crippen LogP contribution in [0.4, 0.5) is 18.9 Å². The third-order valence-corrected chi connectivity index (χ3v) is 3.18. The first-order valence-corrected chi connectivity index (χ1v) is 6.85. The fraction of sp³-hybridized carbons (Fsp3) is 0.214. The highest BCUT2D eigenvalue weighted by Crippen LogP contribution is 2.29. The van der Waals surface area contributed by atoms with Gasteiger partial charge in [-0.2, -0.15) is 13.2 Å². The first-order valence-electron chi connectivity index (χ1n) is 6.48. The van der Waals surface area contributed by atoms with Gasteiger partial charge in [-0.25, -0.2) is 4.98 Å². The molecule has 0 saturated heterocycles. The van der Waals surface area contributed by atoms with Crippen molar-refractivity contribution in [1.29, 1.82) is 0 Å². The highest BCUT2D eigenvalue weighted by atomic mass is 35.5. The van der Waals surface area contributed by atoms with Crippen LogP contribution in [0, 0.1) is 0 Å². The highest BCUT2D eigenvalue weighted by Gasteiger charge is 2.32. The van der Waals surface area contributed by atoms with Crippen molar-refractivity contribution in [1.82, 2.24) is 9.55 Å². The second-order valence-corrected chi connectivity index (χ2v) is 5.05. The molecule has 0 aliphatic carbocycles. The van der Waals surface area contributed by atoms with Gasteiger partial charge in [0, 0.05) is 12.3 Å². The number of methoxy groups -OCH3 is 1. The minimum atomic E-state index is -4.69. The summed E-state index contributed by atoms with van der Waals surface area (Å²) in [5.41, 5.74) is -1.72. The van der Waals surface area contributed by atoms with Gasteiger partial charge in [0.1, 0.15) is 11.6 Å². The molecule has 0 aliphatic rings. The number of hydrogen-bond donors (Lipinski definition) is 1. The zero-order valence-corrected chi connectivity index (χ0v) is 13.0. The molecular weight excluding hydrogens is 351 g/mol. The van der Waals surface area contributed by atoms with Crippen LogP contribution >= 0.6 is 11.6 Å². The average Bonchev–Trinajstić information content (AvgIpc) is 2.51. The smallest absolute Gasteiger partial charge is 0.417 e. The van der Waals surface area contributed by atoms with Gasteiger partial charge in [0.15, 0.2) is 0 Å². The molecule has 0 atom stereocenters. The molecule has 0 spiro atoms. The number of alkyl halides is 3. The quantitative estimate of drug-likeness (QED) is 0.908. The van der Waals surface area contributed by atoms with E-state index in [0.29, 0.717) is 28.4 Å². The van der Waals surface area contributed by atoms with Crippen LogP contribution in [-0.4, -0.2) is 22.6 Å². The summed E-state index contributed by atoms with van der Waals surface area (Å²) in [4.78, 5) is 27.5. The number of carbonyl (C=O) groups is 1. The standard InChI is InChI=1S/C14H11ClF3N3O3/c1-24-12-3-2-9(5-19-12)20-11(22)7-21-6-8(14(16,17)18)4-10(15)13(21)23/h2-6H,7H2,1H3,(H,20,22). The molecule has 24 heavy (non-hydrogen) atoms. The summed E-state index contributed by atoms with van der Waals surface area (Å²) in [5.74, 6) is -0.381. The van der Waals surface area contributed by atoms with Crippen molar-refractivity contribution >= 4 is 23.2 Å². The van der Waals surface area contributed by atoms with Gasteiger partial charge in [-0.1, -0.05) is 11.6 Å². The number of amides is 1. The lowest BCUT2D eigenvalue weighted by Gasteiger charge is -2.12. The second-order valence-electron chi connectivity index (χ2n) is 4.64. The number of rotatable bonds is 4. The maximum atomic E-state index is 12.7. The molecule has 6 nitrogen and oxygen atoms in total. The van der Waals surface area contributed by atoms with Crippen molar-refractivity contribution in [2.24, 2.45) is 0 Å². The summed E-state index contributed by atoms with van der Waals surface area (Å²) in [6, 6.07) is 3.50. The van der Waals surface area contributed by atoms with Crippen LogP contribution in [0.5, 0.6) is 5.88 Å². The zero-order chi connectivity index (χ0) is 17.9. The highest BCUT2D eigenvalue weighted by molar-refractivity contribution is 6.30. The van der Waals surface area contributed by atoms with Gasteiger partial charge in [0.05, 0.1) is 24.6 Å². The fourth-order valence-electron chi connectivity index (χ4n) is 1.80. The summed E-state index contributed by atoms with van der Waals surface area (Å²) in [7, 11) is 1.42. The number of pyridine rings is 2. The molecule has 0 fully saturated rings. The van der Waals surface area contributed by atoms with Gasteiger partial charge in [-0.15, -0.1) is 0 Å². The molecule has 0 unspecified atom stereocenters. The predicted molar refractivity (Wildman–Crippen MR) is 80.1 cm³/mol. The Morgan fingerprint density at radius 1 is 1.42 bits per heavy atom. The van der Waals surface area contributed by atoms with Gasteiger partial charge < -0.3 is 14.6 Å². The molecule has 1 amide bonds. The number of hydrogen-bond acceptors (Lipinski definition) is 4. The summed E-state index contributed by atoms with van der Waals surface area (Å²) in [6.07, 6.45) is -2.84. The Balaban J connectivity index is 2.19. The molecule has 2 rings (SSSR count). The molecule has 0 saturated carbocycles. The fourth-order valence-corrected chi connectivity index (χ4v) is 2.03. The number of nitrogens with zero attached hydrogens (tertiary/aromatic N) is 2. The van der Waals surface area contributed by atoms with Crippen molar-refractivity contribution in [3.05, 3.63) is 51.5 Å². The van der Waals surface area contributed by atoms with Gasteiger partial charge >= 0.3 is 6.18 Å². The largest absolute Gasteiger partial charge is 0.481 e. The van der Waals surface area contributed by atoms with Gasteiger partial charge in [0.25, 0.3) is 5.56 Å². The minimum Gasteiger partial charge on any atom is -0.481 e. The molecular formula is C14H11ClF3N3O3. The average molecular weight is 362 g/mol. The Kier molecular flexibility index (Phi) is 5.13. The van der Waals surface area contributed by atoms with Crippen LogP contribution in [0.1, 0.15) is 5.56 Å². The third-order valence-electron chi connectivity index (χ3n) is 2.91. The van der Waals surface area contributed by atoms with Crippen LogP contribution in [0.3, 0.4) is 0 Å². The van der Waals surface area contributed by atoms with E-state index in [1.807, 2.05) is 0 Å². The van der Waals surface area contributed by atoms with E-state index in [4.69, 9.17) is 16.3 Å². The minimum absolute atomic E-state index is 0.298. The Labute approximate surface area is 138 Å². The zero-order valence-electron chi connectivity index (χ0n) is 12.2. The van der Waals surface area contributed by atoms with Gasteiger partial charge in [-0.05, 0) is 12.1 Å². The monoisotopic (exact) mass is 361 g/mol. The van der Waals surface area contributed by atoms with Crippen LogP contribution in [0.15, 0.2) is 35.4 Å². The van der Waals surface area contributed by atoms with E-state index < -0.39 is 34.8 Å². The summed E-state index contributed by atoms with van der Waals surface area (Å²) in [5, 5.41) is 1.78.